The van der Waals surface area contributed by atoms with Gasteiger partial charge in [0.1, 0.15) is 11.5 Å². The summed E-state index contributed by atoms with van der Waals surface area (Å²) < 4.78 is 14.1. The van der Waals surface area contributed by atoms with Crippen molar-refractivity contribution in [2.24, 2.45) is 0 Å². The predicted molar refractivity (Wildman–Crippen MR) is 182 cm³/mol. The Morgan fingerprint density at radius 1 is 0.917 bits per heavy atom. The van der Waals surface area contributed by atoms with Crippen LogP contribution >= 0.6 is 0 Å². The number of carbonyl (C=O) groups is 2. The lowest BCUT2D eigenvalue weighted by Gasteiger charge is -2.38. The SMILES string of the molecule is Cc1cc(C)n(-c2cccc(C(=O)N3CCc4cc5ccc4C3c3ccc(cc3)OCCCNC(=O)CCc3ccc(O)c(c3)O5)c2)n1. The predicted octanol–water partition coefficient (Wildman–Crippen LogP) is 6.61. The van der Waals surface area contributed by atoms with Gasteiger partial charge in [0.25, 0.3) is 5.91 Å². The molecule has 244 valence electrons. The molecule has 2 N–H and O–H groups in total. The molecule has 48 heavy (non-hydrogen) atoms. The first-order valence-electron chi connectivity index (χ1n) is 16.4. The maximum absolute atomic E-state index is 14.4. The lowest BCUT2D eigenvalue weighted by atomic mass is 9.87. The quantitative estimate of drug-likeness (QED) is 0.225. The zero-order valence-corrected chi connectivity index (χ0v) is 27.1. The highest BCUT2D eigenvalue weighted by Crippen LogP contribution is 2.40. The van der Waals surface area contributed by atoms with E-state index in [2.05, 4.69) is 10.4 Å². The number of rotatable bonds is 2. The molecule has 0 saturated heterocycles. The summed E-state index contributed by atoms with van der Waals surface area (Å²) in [6.45, 7) is 5.44. The van der Waals surface area contributed by atoms with Crippen LogP contribution in [0.1, 0.15) is 62.9 Å². The summed E-state index contributed by atoms with van der Waals surface area (Å²) in [4.78, 5) is 28.7. The number of aryl methyl sites for hydroxylation is 3. The van der Waals surface area contributed by atoms with Gasteiger partial charge in [-0.1, -0.05) is 30.3 Å². The van der Waals surface area contributed by atoms with E-state index in [4.69, 9.17) is 9.47 Å². The summed E-state index contributed by atoms with van der Waals surface area (Å²) in [6, 6.07) is 28.3. The van der Waals surface area contributed by atoms with Crippen molar-refractivity contribution in [3.8, 4) is 28.7 Å². The first-order chi connectivity index (χ1) is 23.3. The van der Waals surface area contributed by atoms with E-state index in [1.807, 2.05) is 96.2 Å². The number of nitrogens with zero attached hydrogens (tertiary/aromatic N) is 3. The third-order valence-corrected chi connectivity index (χ3v) is 8.95. The Bertz CT molecular complexity index is 1980. The highest BCUT2D eigenvalue weighted by Gasteiger charge is 2.33. The second-order valence-corrected chi connectivity index (χ2v) is 12.4. The summed E-state index contributed by atoms with van der Waals surface area (Å²) in [5, 5.41) is 18.2. The largest absolute Gasteiger partial charge is 0.504 e. The lowest BCUT2D eigenvalue weighted by Crippen LogP contribution is -2.40. The van der Waals surface area contributed by atoms with Crippen LogP contribution in [-0.2, 0) is 17.6 Å². The third kappa shape index (κ3) is 6.49. The molecule has 0 aliphatic carbocycles. The molecular formula is C39H38N4O5. The van der Waals surface area contributed by atoms with E-state index in [1.54, 1.807) is 18.2 Å². The van der Waals surface area contributed by atoms with Gasteiger partial charge in [-0.25, -0.2) is 4.68 Å². The van der Waals surface area contributed by atoms with Gasteiger partial charge < -0.3 is 24.8 Å². The number of hydrogen-bond acceptors (Lipinski definition) is 6. The van der Waals surface area contributed by atoms with Crippen LogP contribution in [-0.4, -0.2) is 51.3 Å². The fourth-order valence-corrected chi connectivity index (χ4v) is 6.58. The minimum atomic E-state index is -0.345. The molecule has 10 rings (SSSR count). The topological polar surface area (TPSA) is 106 Å². The van der Waals surface area contributed by atoms with Gasteiger partial charge in [0.2, 0.25) is 5.91 Å². The summed E-state index contributed by atoms with van der Waals surface area (Å²) >= 11 is 0. The molecule has 8 bridgehead atoms. The molecule has 0 saturated carbocycles. The first-order valence-corrected chi connectivity index (χ1v) is 16.4. The number of ether oxygens (including phenoxy) is 2. The molecular weight excluding hydrogens is 604 g/mol. The van der Waals surface area contributed by atoms with Crippen molar-refractivity contribution in [3.05, 3.63) is 130 Å². The van der Waals surface area contributed by atoms with Gasteiger partial charge in [-0.2, -0.15) is 5.10 Å². The molecule has 6 heterocycles. The van der Waals surface area contributed by atoms with Crippen molar-refractivity contribution >= 4 is 11.8 Å². The molecule has 9 heteroatoms. The number of aromatic hydroxyl groups is 1. The van der Waals surface area contributed by atoms with E-state index < -0.39 is 0 Å². The summed E-state index contributed by atoms with van der Waals surface area (Å²) in [7, 11) is 0. The summed E-state index contributed by atoms with van der Waals surface area (Å²) in [6.07, 6.45) is 2.15. The van der Waals surface area contributed by atoms with E-state index in [0.29, 0.717) is 62.4 Å². The van der Waals surface area contributed by atoms with Gasteiger partial charge in [0.15, 0.2) is 11.5 Å². The van der Waals surface area contributed by atoms with Crippen molar-refractivity contribution in [3.63, 3.8) is 0 Å². The molecule has 5 aliphatic rings. The van der Waals surface area contributed by atoms with Crippen LogP contribution in [0.5, 0.6) is 23.0 Å². The maximum Gasteiger partial charge on any atom is 0.254 e. The normalized spacial score (nSPS) is 16.4. The zero-order chi connectivity index (χ0) is 33.2. The fourth-order valence-electron chi connectivity index (χ4n) is 6.58. The molecule has 9 nitrogen and oxygen atoms in total. The van der Waals surface area contributed by atoms with Crippen LogP contribution in [0, 0.1) is 13.8 Å². The third-order valence-electron chi connectivity index (χ3n) is 8.95. The number of nitrogens with one attached hydrogen (secondary N) is 1. The average Bonchev–Trinajstić information content (AvgIpc) is 3.44. The van der Waals surface area contributed by atoms with Crippen LogP contribution in [0.25, 0.3) is 5.69 Å². The Kier molecular flexibility index (Phi) is 8.59. The van der Waals surface area contributed by atoms with Crippen LogP contribution < -0.4 is 14.8 Å². The monoisotopic (exact) mass is 642 g/mol. The number of carbonyl (C=O) groups excluding carboxylic acids is 2. The van der Waals surface area contributed by atoms with E-state index in [9.17, 15) is 14.7 Å². The second kappa shape index (κ2) is 13.3. The number of aromatic nitrogens is 2. The Morgan fingerprint density at radius 3 is 2.56 bits per heavy atom. The average molecular weight is 643 g/mol. The first kappa shape index (κ1) is 31.1. The van der Waals surface area contributed by atoms with Crippen molar-refractivity contribution in [2.45, 2.75) is 45.6 Å². The van der Waals surface area contributed by atoms with Gasteiger partial charge in [0, 0.05) is 30.8 Å². The van der Waals surface area contributed by atoms with E-state index in [0.717, 1.165) is 45.1 Å². The minimum absolute atomic E-state index is 0.0248. The zero-order valence-electron chi connectivity index (χ0n) is 27.1. The van der Waals surface area contributed by atoms with Crippen LogP contribution in [0.2, 0.25) is 0 Å². The van der Waals surface area contributed by atoms with E-state index in [1.165, 1.54) is 0 Å². The van der Waals surface area contributed by atoms with Gasteiger partial charge in [-0.05, 0) is 116 Å². The number of phenolic OH excluding ortho intramolecular Hbond substituents is 1. The van der Waals surface area contributed by atoms with Crippen LogP contribution in [0.4, 0.5) is 0 Å². The molecule has 5 aliphatic heterocycles. The molecule has 1 aromatic heterocycles. The minimum Gasteiger partial charge on any atom is -0.504 e. The molecule has 1 atom stereocenters. The van der Waals surface area contributed by atoms with Crippen molar-refractivity contribution in [1.82, 2.24) is 20.0 Å². The Morgan fingerprint density at radius 2 is 1.75 bits per heavy atom. The summed E-state index contributed by atoms with van der Waals surface area (Å²) in [5.74, 6) is 1.57. The summed E-state index contributed by atoms with van der Waals surface area (Å²) in [5.41, 5.74) is 7.28. The highest BCUT2D eigenvalue weighted by atomic mass is 16.5. The number of amides is 2. The number of hydrogen-bond donors (Lipinski definition) is 2. The van der Waals surface area contributed by atoms with Crippen LogP contribution in [0.15, 0.2) is 91.0 Å². The fraction of sp³-hybridized carbons (Fsp3) is 0.256. The van der Waals surface area contributed by atoms with Crippen LogP contribution in [0.3, 0.4) is 0 Å². The lowest BCUT2D eigenvalue weighted by molar-refractivity contribution is -0.121. The van der Waals surface area contributed by atoms with Crippen molar-refractivity contribution < 1.29 is 24.2 Å². The van der Waals surface area contributed by atoms with Gasteiger partial charge in [-0.3, -0.25) is 9.59 Å². The Hall–Kier alpha value is -5.57. The molecule has 2 amide bonds. The molecule has 4 aromatic carbocycles. The van der Waals surface area contributed by atoms with Gasteiger partial charge in [-0.15, -0.1) is 0 Å². The van der Waals surface area contributed by atoms with E-state index >= 15 is 0 Å². The molecule has 0 radical (unpaired) electrons. The number of benzene rings is 4. The Balaban J connectivity index is 1.25. The molecule has 1 unspecified atom stereocenters. The van der Waals surface area contributed by atoms with E-state index in [-0.39, 0.29) is 23.6 Å². The molecule has 0 fully saturated rings. The standard InChI is InChI=1S/C39H38N4O5/c1-25-21-26(2)43(41-25)31-6-3-5-30(23-31)39(46)42-19-17-29-24-33-13-14-34(29)38(42)28-9-11-32(12-10-28)47-20-4-18-40-37(45)16-8-27-7-15-35(44)36(22-27)48-33/h3,5-7,9-15,21-24,38,44H,4,8,16-20H2,1-2H3,(H,40,45). The number of phenols is 1. The smallest absolute Gasteiger partial charge is 0.254 e. The maximum atomic E-state index is 14.4. The molecule has 5 aromatic rings. The van der Waals surface area contributed by atoms with Crippen molar-refractivity contribution in [1.29, 1.82) is 0 Å². The van der Waals surface area contributed by atoms with Gasteiger partial charge >= 0.3 is 0 Å². The van der Waals surface area contributed by atoms with Gasteiger partial charge in [0.05, 0.1) is 24.0 Å². The Labute approximate surface area is 279 Å². The second-order valence-electron chi connectivity index (χ2n) is 12.4. The van der Waals surface area contributed by atoms with Crippen molar-refractivity contribution in [2.75, 3.05) is 19.7 Å². The molecule has 0 spiro atoms. The highest BCUT2D eigenvalue weighted by molar-refractivity contribution is 5.95.